The SMILES string of the molecule is CC(C)C(NC(=O)Nc1ccsc1)C(=O)O. The van der Waals surface area contributed by atoms with E-state index in [1.54, 1.807) is 25.3 Å². The molecule has 0 fully saturated rings. The van der Waals surface area contributed by atoms with Gasteiger partial charge in [-0.15, -0.1) is 0 Å². The second-order valence-corrected chi connectivity index (χ2v) is 4.45. The van der Waals surface area contributed by atoms with Crippen LogP contribution in [0.5, 0.6) is 0 Å². The van der Waals surface area contributed by atoms with E-state index >= 15 is 0 Å². The van der Waals surface area contributed by atoms with Crippen LogP contribution in [0.4, 0.5) is 10.5 Å². The van der Waals surface area contributed by atoms with Gasteiger partial charge in [-0.05, 0) is 17.4 Å². The number of hydrogen-bond acceptors (Lipinski definition) is 3. The van der Waals surface area contributed by atoms with Gasteiger partial charge in [-0.1, -0.05) is 13.8 Å². The Labute approximate surface area is 97.5 Å². The van der Waals surface area contributed by atoms with E-state index in [-0.39, 0.29) is 5.92 Å². The molecule has 1 rings (SSSR count). The van der Waals surface area contributed by atoms with E-state index in [9.17, 15) is 9.59 Å². The van der Waals surface area contributed by atoms with Crippen LogP contribution in [0, 0.1) is 5.92 Å². The van der Waals surface area contributed by atoms with Crippen LogP contribution in [0.3, 0.4) is 0 Å². The zero-order chi connectivity index (χ0) is 12.1. The molecule has 0 saturated carbocycles. The highest BCUT2D eigenvalue weighted by molar-refractivity contribution is 7.08. The number of urea groups is 1. The van der Waals surface area contributed by atoms with E-state index in [4.69, 9.17) is 5.11 Å². The third-order valence-corrected chi connectivity index (χ3v) is 2.68. The Morgan fingerprint density at radius 3 is 2.56 bits per heavy atom. The molecule has 0 spiro atoms. The molecular formula is C10H14N2O3S. The standard InChI is InChI=1S/C10H14N2O3S/c1-6(2)8(9(13)14)12-10(15)11-7-3-4-16-5-7/h3-6,8H,1-2H3,(H,13,14)(H2,11,12,15). The van der Waals surface area contributed by atoms with Crippen LogP contribution in [-0.2, 0) is 4.79 Å². The Bertz CT molecular complexity index is 362. The molecule has 0 aliphatic rings. The van der Waals surface area contributed by atoms with Crippen molar-refractivity contribution < 1.29 is 14.7 Å². The topological polar surface area (TPSA) is 78.4 Å². The second kappa shape index (κ2) is 5.50. The van der Waals surface area contributed by atoms with E-state index in [0.29, 0.717) is 5.69 Å². The summed E-state index contributed by atoms with van der Waals surface area (Å²) in [4.78, 5) is 22.3. The molecule has 2 amide bonds. The molecule has 0 aliphatic heterocycles. The van der Waals surface area contributed by atoms with Gasteiger partial charge >= 0.3 is 12.0 Å². The molecule has 1 aromatic heterocycles. The number of carboxylic acids is 1. The van der Waals surface area contributed by atoms with Crippen molar-refractivity contribution in [3.8, 4) is 0 Å². The minimum Gasteiger partial charge on any atom is -0.480 e. The quantitative estimate of drug-likeness (QED) is 0.755. The average Bonchev–Trinajstić information content (AvgIpc) is 2.65. The van der Waals surface area contributed by atoms with Gasteiger partial charge in [-0.2, -0.15) is 11.3 Å². The number of hydrogen-bond donors (Lipinski definition) is 3. The molecule has 3 N–H and O–H groups in total. The summed E-state index contributed by atoms with van der Waals surface area (Å²) in [6, 6.07) is 0.369. The molecule has 0 bridgehead atoms. The minimum atomic E-state index is -1.03. The maximum Gasteiger partial charge on any atom is 0.326 e. The number of carbonyl (C=O) groups excluding carboxylic acids is 1. The van der Waals surface area contributed by atoms with Crippen molar-refractivity contribution in [3.05, 3.63) is 16.8 Å². The number of aliphatic carboxylic acids is 1. The third kappa shape index (κ3) is 3.54. The van der Waals surface area contributed by atoms with Crippen LogP contribution in [0.25, 0.3) is 0 Å². The monoisotopic (exact) mass is 242 g/mol. The molecule has 1 atom stereocenters. The van der Waals surface area contributed by atoms with Crippen LogP contribution in [0.15, 0.2) is 16.8 Å². The van der Waals surface area contributed by atoms with Crippen molar-refractivity contribution in [2.24, 2.45) is 5.92 Å². The van der Waals surface area contributed by atoms with Gasteiger partial charge < -0.3 is 15.7 Å². The summed E-state index contributed by atoms with van der Waals surface area (Å²) in [6.07, 6.45) is 0. The van der Waals surface area contributed by atoms with E-state index in [2.05, 4.69) is 10.6 Å². The largest absolute Gasteiger partial charge is 0.480 e. The number of anilines is 1. The highest BCUT2D eigenvalue weighted by atomic mass is 32.1. The molecular weight excluding hydrogens is 228 g/mol. The molecule has 88 valence electrons. The zero-order valence-electron chi connectivity index (χ0n) is 9.06. The molecule has 0 aromatic carbocycles. The fourth-order valence-corrected chi connectivity index (χ4v) is 1.75. The maximum absolute atomic E-state index is 11.4. The minimum absolute atomic E-state index is 0.161. The van der Waals surface area contributed by atoms with E-state index < -0.39 is 18.0 Å². The van der Waals surface area contributed by atoms with E-state index in [1.165, 1.54) is 11.3 Å². The molecule has 1 heterocycles. The lowest BCUT2D eigenvalue weighted by molar-refractivity contribution is -0.140. The van der Waals surface area contributed by atoms with Gasteiger partial charge in [0.2, 0.25) is 0 Å². The lowest BCUT2D eigenvalue weighted by atomic mass is 10.1. The third-order valence-electron chi connectivity index (χ3n) is 2.00. The molecule has 1 aromatic rings. The summed E-state index contributed by atoms with van der Waals surface area (Å²) in [6.45, 7) is 3.48. The predicted octanol–water partition coefficient (Wildman–Crippen LogP) is 1.98. The molecule has 16 heavy (non-hydrogen) atoms. The lowest BCUT2D eigenvalue weighted by Gasteiger charge is -2.17. The van der Waals surface area contributed by atoms with Crippen molar-refractivity contribution >= 4 is 29.0 Å². The molecule has 0 saturated heterocycles. The first-order chi connectivity index (χ1) is 7.50. The molecule has 1 unspecified atom stereocenters. The summed E-state index contributed by atoms with van der Waals surface area (Å²) in [5.41, 5.74) is 0.662. The molecule has 0 radical (unpaired) electrons. The van der Waals surface area contributed by atoms with Crippen LogP contribution in [0.2, 0.25) is 0 Å². The predicted molar refractivity (Wildman–Crippen MR) is 62.7 cm³/mol. The van der Waals surface area contributed by atoms with Crippen LogP contribution >= 0.6 is 11.3 Å². The first kappa shape index (κ1) is 12.5. The van der Waals surface area contributed by atoms with Crippen LogP contribution in [0.1, 0.15) is 13.8 Å². The second-order valence-electron chi connectivity index (χ2n) is 3.67. The summed E-state index contributed by atoms with van der Waals surface area (Å²) in [5, 5.41) is 17.4. The first-order valence-corrected chi connectivity index (χ1v) is 5.77. The summed E-state index contributed by atoms with van der Waals surface area (Å²) < 4.78 is 0. The average molecular weight is 242 g/mol. The Balaban J connectivity index is 2.52. The van der Waals surface area contributed by atoms with Crippen molar-refractivity contribution in [1.29, 1.82) is 0 Å². The van der Waals surface area contributed by atoms with Crippen molar-refractivity contribution in [2.45, 2.75) is 19.9 Å². The molecule has 6 heteroatoms. The fourth-order valence-electron chi connectivity index (χ4n) is 1.16. The lowest BCUT2D eigenvalue weighted by Crippen LogP contribution is -2.46. The smallest absolute Gasteiger partial charge is 0.326 e. The van der Waals surface area contributed by atoms with Gasteiger partial charge in [-0.3, -0.25) is 0 Å². The number of carboxylic acid groups (broad SMARTS) is 1. The first-order valence-electron chi connectivity index (χ1n) is 4.83. The Hall–Kier alpha value is -1.56. The van der Waals surface area contributed by atoms with E-state index in [1.807, 2.05) is 5.38 Å². The Morgan fingerprint density at radius 2 is 2.12 bits per heavy atom. The number of thiophene rings is 1. The Morgan fingerprint density at radius 1 is 1.44 bits per heavy atom. The summed E-state index contributed by atoms with van der Waals surface area (Å²) in [7, 11) is 0. The van der Waals surface area contributed by atoms with Gasteiger partial charge in [0, 0.05) is 5.38 Å². The number of amides is 2. The fraction of sp³-hybridized carbons (Fsp3) is 0.400. The molecule has 5 nitrogen and oxygen atoms in total. The van der Waals surface area contributed by atoms with Crippen molar-refractivity contribution in [2.75, 3.05) is 5.32 Å². The van der Waals surface area contributed by atoms with Gasteiger partial charge in [0.05, 0.1) is 5.69 Å². The maximum atomic E-state index is 11.4. The van der Waals surface area contributed by atoms with Crippen LogP contribution < -0.4 is 10.6 Å². The summed E-state index contributed by atoms with van der Waals surface area (Å²) in [5.74, 6) is -1.19. The number of rotatable bonds is 4. The zero-order valence-corrected chi connectivity index (χ0v) is 9.88. The van der Waals surface area contributed by atoms with Gasteiger partial charge in [0.15, 0.2) is 0 Å². The van der Waals surface area contributed by atoms with Gasteiger partial charge in [0.1, 0.15) is 6.04 Å². The molecule has 0 aliphatic carbocycles. The normalized spacial score (nSPS) is 12.2. The van der Waals surface area contributed by atoms with Crippen molar-refractivity contribution in [3.63, 3.8) is 0 Å². The summed E-state index contributed by atoms with van der Waals surface area (Å²) >= 11 is 1.45. The van der Waals surface area contributed by atoms with Gasteiger partial charge in [-0.25, -0.2) is 9.59 Å². The van der Waals surface area contributed by atoms with Gasteiger partial charge in [0.25, 0.3) is 0 Å². The van der Waals surface area contributed by atoms with E-state index in [0.717, 1.165) is 0 Å². The van der Waals surface area contributed by atoms with Crippen molar-refractivity contribution in [1.82, 2.24) is 5.32 Å². The number of nitrogens with one attached hydrogen (secondary N) is 2. The highest BCUT2D eigenvalue weighted by Gasteiger charge is 2.23. The highest BCUT2D eigenvalue weighted by Crippen LogP contribution is 2.11. The van der Waals surface area contributed by atoms with Crippen LogP contribution in [-0.4, -0.2) is 23.1 Å². The number of carbonyl (C=O) groups is 2. The Kier molecular flexibility index (Phi) is 4.30.